The molecule has 104 valence electrons. The van der Waals surface area contributed by atoms with Crippen LogP contribution in [0.5, 0.6) is 0 Å². The quantitative estimate of drug-likeness (QED) is 0.886. The van der Waals surface area contributed by atoms with Crippen LogP contribution >= 0.6 is 11.3 Å². The maximum Gasteiger partial charge on any atom is 0.264 e. The molecule has 0 aliphatic carbocycles. The zero-order valence-corrected chi connectivity index (χ0v) is 11.8. The maximum atomic E-state index is 12.4. The summed E-state index contributed by atoms with van der Waals surface area (Å²) in [5, 5.41) is 1.86. The minimum Gasteiger partial charge on any atom is -0.370 e. The van der Waals surface area contributed by atoms with Gasteiger partial charge in [0.25, 0.3) is 5.91 Å². The number of carbonyl (C=O) groups excluding carboxylic acids is 2. The Morgan fingerprint density at radius 3 is 2.45 bits per heavy atom. The highest BCUT2D eigenvalue weighted by molar-refractivity contribution is 7.12. The predicted octanol–water partition coefficient (Wildman–Crippen LogP) is 2.27. The Bertz CT molecular complexity index is 567. The van der Waals surface area contributed by atoms with Crippen LogP contribution in [0.15, 0.2) is 47.8 Å². The zero-order chi connectivity index (χ0) is 14.4. The van der Waals surface area contributed by atoms with Crippen molar-refractivity contribution >= 4 is 23.2 Å². The molecule has 0 atom stereocenters. The van der Waals surface area contributed by atoms with Gasteiger partial charge >= 0.3 is 0 Å². The smallest absolute Gasteiger partial charge is 0.264 e. The molecule has 2 rings (SSSR count). The second-order valence-corrected chi connectivity index (χ2v) is 5.35. The van der Waals surface area contributed by atoms with Crippen LogP contribution in [0.1, 0.15) is 21.7 Å². The van der Waals surface area contributed by atoms with E-state index in [1.807, 2.05) is 41.8 Å². The van der Waals surface area contributed by atoms with Crippen LogP contribution in [0, 0.1) is 0 Å². The molecule has 0 saturated heterocycles. The fourth-order valence-corrected chi connectivity index (χ4v) is 2.55. The molecular weight excluding hydrogens is 272 g/mol. The van der Waals surface area contributed by atoms with E-state index in [4.69, 9.17) is 5.73 Å². The van der Waals surface area contributed by atoms with Crippen LogP contribution < -0.4 is 5.73 Å². The molecule has 2 aromatic rings. The van der Waals surface area contributed by atoms with E-state index in [-0.39, 0.29) is 12.3 Å². The van der Waals surface area contributed by atoms with E-state index in [0.717, 1.165) is 5.56 Å². The molecule has 0 spiro atoms. The van der Waals surface area contributed by atoms with Gasteiger partial charge in [-0.05, 0) is 17.0 Å². The molecule has 2 amide bonds. The summed E-state index contributed by atoms with van der Waals surface area (Å²) in [6, 6.07) is 13.3. The molecule has 1 heterocycles. The van der Waals surface area contributed by atoms with Crippen LogP contribution in [-0.2, 0) is 11.3 Å². The van der Waals surface area contributed by atoms with E-state index in [2.05, 4.69) is 0 Å². The van der Waals surface area contributed by atoms with Crippen molar-refractivity contribution in [1.82, 2.24) is 4.90 Å². The Morgan fingerprint density at radius 1 is 1.10 bits per heavy atom. The third kappa shape index (κ3) is 3.93. The summed E-state index contributed by atoms with van der Waals surface area (Å²) in [5.74, 6) is -0.466. The van der Waals surface area contributed by atoms with Gasteiger partial charge in [-0.25, -0.2) is 0 Å². The second kappa shape index (κ2) is 6.86. The van der Waals surface area contributed by atoms with Gasteiger partial charge in [0.2, 0.25) is 5.91 Å². The van der Waals surface area contributed by atoms with Crippen molar-refractivity contribution in [3.63, 3.8) is 0 Å². The van der Waals surface area contributed by atoms with Gasteiger partial charge < -0.3 is 10.6 Å². The van der Waals surface area contributed by atoms with Crippen molar-refractivity contribution in [3.05, 3.63) is 58.3 Å². The number of benzene rings is 1. The Kier molecular flexibility index (Phi) is 4.90. The number of carbonyl (C=O) groups is 2. The van der Waals surface area contributed by atoms with Gasteiger partial charge in [0.15, 0.2) is 0 Å². The number of hydrogen-bond acceptors (Lipinski definition) is 3. The van der Waals surface area contributed by atoms with Gasteiger partial charge in [-0.1, -0.05) is 36.4 Å². The predicted molar refractivity (Wildman–Crippen MR) is 79.3 cm³/mol. The highest BCUT2D eigenvalue weighted by Gasteiger charge is 2.17. The minimum absolute atomic E-state index is 0.0647. The molecule has 0 unspecified atom stereocenters. The first-order valence-corrected chi connectivity index (χ1v) is 7.20. The number of amides is 2. The third-order valence-electron chi connectivity index (χ3n) is 2.86. The van der Waals surface area contributed by atoms with E-state index < -0.39 is 5.91 Å². The van der Waals surface area contributed by atoms with Crippen LogP contribution in [0.3, 0.4) is 0 Å². The lowest BCUT2D eigenvalue weighted by Gasteiger charge is -2.21. The molecule has 0 saturated carbocycles. The highest BCUT2D eigenvalue weighted by atomic mass is 32.1. The normalized spacial score (nSPS) is 10.2. The molecule has 0 fully saturated rings. The molecule has 1 aromatic carbocycles. The van der Waals surface area contributed by atoms with Crippen LogP contribution in [-0.4, -0.2) is 23.3 Å². The van der Waals surface area contributed by atoms with Crippen molar-refractivity contribution in [3.8, 4) is 0 Å². The van der Waals surface area contributed by atoms with Gasteiger partial charge in [0.05, 0.1) is 4.88 Å². The summed E-state index contributed by atoms with van der Waals surface area (Å²) in [5.41, 5.74) is 6.21. The summed E-state index contributed by atoms with van der Waals surface area (Å²) in [7, 11) is 0. The number of primary amides is 1. The van der Waals surface area contributed by atoms with Crippen molar-refractivity contribution in [1.29, 1.82) is 0 Å². The van der Waals surface area contributed by atoms with Gasteiger partial charge in [-0.15, -0.1) is 11.3 Å². The molecule has 1 aromatic heterocycles. The molecule has 20 heavy (non-hydrogen) atoms. The topological polar surface area (TPSA) is 63.4 Å². The van der Waals surface area contributed by atoms with E-state index in [9.17, 15) is 9.59 Å². The SMILES string of the molecule is NC(=O)CCN(Cc1ccccc1)C(=O)c1cccs1. The molecule has 5 heteroatoms. The average molecular weight is 288 g/mol. The first kappa shape index (κ1) is 14.3. The standard InChI is InChI=1S/C15H16N2O2S/c16-14(18)8-9-17(11-12-5-2-1-3-6-12)15(19)13-7-4-10-20-13/h1-7,10H,8-9,11H2,(H2,16,18). The average Bonchev–Trinajstić information content (AvgIpc) is 2.97. The van der Waals surface area contributed by atoms with Gasteiger partial charge in [0.1, 0.15) is 0 Å². The Morgan fingerprint density at radius 2 is 1.85 bits per heavy atom. The fourth-order valence-electron chi connectivity index (χ4n) is 1.86. The maximum absolute atomic E-state index is 12.4. The molecule has 2 N–H and O–H groups in total. The van der Waals surface area contributed by atoms with Crippen molar-refractivity contribution in [2.75, 3.05) is 6.54 Å². The lowest BCUT2D eigenvalue weighted by atomic mass is 10.2. The van der Waals surface area contributed by atoms with Crippen molar-refractivity contribution < 1.29 is 9.59 Å². The lowest BCUT2D eigenvalue weighted by Crippen LogP contribution is -2.33. The monoisotopic (exact) mass is 288 g/mol. The molecule has 0 radical (unpaired) electrons. The Labute approximate surface area is 121 Å². The largest absolute Gasteiger partial charge is 0.370 e. The molecular formula is C15H16N2O2S. The van der Waals surface area contributed by atoms with E-state index in [0.29, 0.717) is 18.0 Å². The first-order chi connectivity index (χ1) is 9.66. The van der Waals surface area contributed by atoms with Crippen molar-refractivity contribution in [2.24, 2.45) is 5.73 Å². The number of nitrogens with two attached hydrogens (primary N) is 1. The van der Waals surface area contributed by atoms with Crippen LogP contribution in [0.25, 0.3) is 0 Å². The highest BCUT2D eigenvalue weighted by Crippen LogP contribution is 2.15. The fraction of sp³-hybridized carbons (Fsp3) is 0.200. The molecule has 0 aliphatic heterocycles. The zero-order valence-electron chi connectivity index (χ0n) is 11.0. The van der Waals surface area contributed by atoms with Gasteiger partial charge in [0, 0.05) is 19.5 Å². The van der Waals surface area contributed by atoms with E-state index >= 15 is 0 Å². The van der Waals surface area contributed by atoms with Crippen molar-refractivity contribution in [2.45, 2.75) is 13.0 Å². The summed E-state index contributed by atoms with van der Waals surface area (Å²) >= 11 is 1.40. The Balaban J connectivity index is 2.12. The number of nitrogens with zero attached hydrogens (tertiary/aromatic N) is 1. The summed E-state index contributed by atoms with van der Waals surface area (Å²) in [6.07, 6.45) is 0.171. The summed E-state index contributed by atoms with van der Waals surface area (Å²) < 4.78 is 0. The molecule has 0 bridgehead atoms. The number of rotatable bonds is 6. The molecule has 0 aliphatic rings. The second-order valence-electron chi connectivity index (χ2n) is 4.41. The third-order valence-corrected chi connectivity index (χ3v) is 3.72. The van der Waals surface area contributed by atoms with E-state index in [1.165, 1.54) is 11.3 Å². The summed E-state index contributed by atoms with van der Waals surface area (Å²) in [4.78, 5) is 25.7. The lowest BCUT2D eigenvalue weighted by molar-refractivity contribution is -0.118. The Hall–Kier alpha value is -2.14. The molecule has 4 nitrogen and oxygen atoms in total. The first-order valence-electron chi connectivity index (χ1n) is 6.32. The number of thiophene rings is 1. The van der Waals surface area contributed by atoms with E-state index in [1.54, 1.807) is 11.0 Å². The van der Waals surface area contributed by atoms with Gasteiger partial charge in [-0.2, -0.15) is 0 Å². The minimum atomic E-state index is -0.401. The summed E-state index contributed by atoms with van der Waals surface area (Å²) in [6.45, 7) is 0.811. The van der Waals surface area contributed by atoms with Gasteiger partial charge in [-0.3, -0.25) is 9.59 Å². The van der Waals surface area contributed by atoms with Crippen LogP contribution in [0.2, 0.25) is 0 Å². The van der Waals surface area contributed by atoms with Crippen LogP contribution in [0.4, 0.5) is 0 Å². The number of hydrogen-bond donors (Lipinski definition) is 1.